The second-order valence-electron chi connectivity index (χ2n) is 6.23. The number of piperazine rings is 1. The molecule has 0 bridgehead atoms. The van der Waals surface area contributed by atoms with Crippen LogP contribution in [0, 0.1) is 12.7 Å². The lowest BCUT2D eigenvalue weighted by molar-refractivity contribution is 0.192. The van der Waals surface area contributed by atoms with Crippen molar-refractivity contribution >= 4 is 5.69 Å². The van der Waals surface area contributed by atoms with Gasteiger partial charge in [0, 0.05) is 44.0 Å². The highest BCUT2D eigenvalue weighted by Crippen LogP contribution is 2.29. The van der Waals surface area contributed by atoms with E-state index in [-0.39, 0.29) is 11.9 Å². The Labute approximate surface area is 127 Å². The van der Waals surface area contributed by atoms with Crippen molar-refractivity contribution in [2.75, 3.05) is 31.1 Å². The molecule has 0 radical (unpaired) electrons. The van der Waals surface area contributed by atoms with Crippen molar-refractivity contribution in [3.8, 4) is 0 Å². The summed E-state index contributed by atoms with van der Waals surface area (Å²) in [5, 5.41) is 0. The molecule has 4 heteroatoms. The molecule has 1 fully saturated rings. The second kappa shape index (κ2) is 6.75. The molecule has 1 aromatic carbocycles. The Hall–Kier alpha value is -1.13. The molecule has 1 aliphatic rings. The van der Waals surface area contributed by atoms with Gasteiger partial charge in [0.25, 0.3) is 0 Å². The molecule has 1 aliphatic heterocycles. The summed E-state index contributed by atoms with van der Waals surface area (Å²) in [6.45, 7) is 12.3. The molecule has 2 atom stereocenters. The van der Waals surface area contributed by atoms with Crippen LogP contribution in [0.2, 0.25) is 0 Å². The van der Waals surface area contributed by atoms with Crippen LogP contribution in [-0.2, 0) is 0 Å². The van der Waals surface area contributed by atoms with Crippen LogP contribution in [0.5, 0.6) is 0 Å². The lowest BCUT2D eigenvalue weighted by Crippen LogP contribution is -2.49. The number of rotatable bonds is 4. The molecular weight excluding hydrogens is 265 g/mol. The van der Waals surface area contributed by atoms with Gasteiger partial charge >= 0.3 is 0 Å². The number of nitrogens with zero attached hydrogens (tertiary/aromatic N) is 2. The lowest BCUT2D eigenvalue weighted by atomic mass is 10.0. The summed E-state index contributed by atoms with van der Waals surface area (Å²) in [6.07, 6.45) is 1.18. The van der Waals surface area contributed by atoms with Gasteiger partial charge in [-0.15, -0.1) is 0 Å². The van der Waals surface area contributed by atoms with Crippen LogP contribution in [0.15, 0.2) is 12.1 Å². The van der Waals surface area contributed by atoms with Crippen LogP contribution in [0.4, 0.5) is 10.1 Å². The van der Waals surface area contributed by atoms with Crippen LogP contribution in [0.3, 0.4) is 0 Å². The molecule has 2 rings (SSSR count). The van der Waals surface area contributed by atoms with Gasteiger partial charge in [0.2, 0.25) is 0 Å². The van der Waals surface area contributed by atoms with E-state index in [0.717, 1.165) is 37.4 Å². The topological polar surface area (TPSA) is 32.5 Å². The highest BCUT2D eigenvalue weighted by Gasteiger charge is 2.23. The molecule has 1 unspecified atom stereocenters. The van der Waals surface area contributed by atoms with Gasteiger partial charge in [-0.2, -0.15) is 0 Å². The highest BCUT2D eigenvalue weighted by atomic mass is 19.1. The maximum absolute atomic E-state index is 13.8. The molecule has 0 aromatic heterocycles. The van der Waals surface area contributed by atoms with Crippen LogP contribution < -0.4 is 10.6 Å². The summed E-state index contributed by atoms with van der Waals surface area (Å²) < 4.78 is 13.8. The van der Waals surface area contributed by atoms with E-state index in [1.807, 2.05) is 19.9 Å². The van der Waals surface area contributed by atoms with E-state index in [1.165, 1.54) is 6.42 Å². The zero-order valence-electron chi connectivity index (χ0n) is 13.7. The quantitative estimate of drug-likeness (QED) is 0.926. The Bertz CT molecular complexity index is 479. The fourth-order valence-electron chi connectivity index (χ4n) is 2.98. The van der Waals surface area contributed by atoms with Crippen LogP contribution in [0.25, 0.3) is 0 Å². The Morgan fingerprint density at radius 3 is 2.33 bits per heavy atom. The SMILES string of the molecule is CCC(C)N1CCN(c2cc(C)c(F)cc2[C@@H](C)N)CC1. The standard InChI is InChI=1S/C17H28FN3/c1-5-13(3)20-6-8-21(9-7-20)17-10-12(2)16(18)11-15(17)14(4)19/h10-11,13-14H,5-9,19H2,1-4H3/t13?,14-/m1/s1. The lowest BCUT2D eigenvalue weighted by Gasteiger charge is -2.40. The summed E-state index contributed by atoms with van der Waals surface area (Å²) in [5.41, 5.74) is 8.74. The van der Waals surface area contributed by atoms with Crippen molar-refractivity contribution in [1.82, 2.24) is 4.90 Å². The predicted octanol–water partition coefficient (Wildman–Crippen LogP) is 3.07. The zero-order valence-corrected chi connectivity index (χ0v) is 13.7. The first kappa shape index (κ1) is 16.2. The third kappa shape index (κ3) is 3.55. The number of benzene rings is 1. The van der Waals surface area contributed by atoms with E-state index in [2.05, 4.69) is 23.6 Å². The summed E-state index contributed by atoms with van der Waals surface area (Å²) in [4.78, 5) is 4.88. The fourth-order valence-corrected chi connectivity index (χ4v) is 2.98. The Balaban J connectivity index is 2.18. The van der Waals surface area contributed by atoms with Gasteiger partial charge in [0.15, 0.2) is 0 Å². The molecule has 1 aromatic rings. The van der Waals surface area contributed by atoms with Crippen molar-refractivity contribution in [2.24, 2.45) is 5.73 Å². The smallest absolute Gasteiger partial charge is 0.126 e. The first-order valence-electron chi connectivity index (χ1n) is 7.98. The van der Waals surface area contributed by atoms with Crippen molar-refractivity contribution in [3.63, 3.8) is 0 Å². The maximum Gasteiger partial charge on any atom is 0.126 e. The van der Waals surface area contributed by atoms with E-state index in [0.29, 0.717) is 11.6 Å². The molecule has 2 N–H and O–H groups in total. The predicted molar refractivity (Wildman–Crippen MR) is 87.3 cm³/mol. The second-order valence-corrected chi connectivity index (χ2v) is 6.23. The molecule has 21 heavy (non-hydrogen) atoms. The summed E-state index contributed by atoms with van der Waals surface area (Å²) >= 11 is 0. The molecule has 0 aliphatic carbocycles. The summed E-state index contributed by atoms with van der Waals surface area (Å²) in [5.74, 6) is -0.163. The first-order chi connectivity index (χ1) is 9.93. The molecule has 0 saturated carbocycles. The van der Waals surface area contributed by atoms with Crippen molar-refractivity contribution in [2.45, 2.75) is 46.2 Å². The molecule has 0 amide bonds. The van der Waals surface area contributed by atoms with Gasteiger partial charge < -0.3 is 10.6 Å². The molecule has 0 spiro atoms. The van der Waals surface area contributed by atoms with Crippen LogP contribution in [0.1, 0.15) is 44.4 Å². The third-order valence-corrected chi connectivity index (χ3v) is 4.67. The number of hydrogen-bond acceptors (Lipinski definition) is 3. The molecule has 1 saturated heterocycles. The molecule has 1 heterocycles. The van der Waals surface area contributed by atoms with Crippen molar-refractivity contribution in [3.05, 3.63) is 29.1 Å². The highest BCUT2D eigenvalue weighted by molar-refractivity contribution is 5.57. The van der Waals surface area contributed by atoms with Crippen molar-refractivity contribution < 1.29 is 4.39 Å². The van der Waals surface area contributed by atoms with E-state index < -0.39 is 0 Å². The molecular formula is C17H28FN3. The Morgan fingerprint density at radius 2 is 1.81 bits per heavy atom. The minimum atomic E-state index is -0.163. The van der Waals surface area contributed by atoms with E-state index in [9.17, 15) is 4.39 Å². The molecule has 3 nitrogen and oxygen atoms in total. The maximum atomic E-state index is 13.8. The normalized spacial score (nSPS) is 19.6. The van der Waals surface area contributed by atoms with Crippen molar-refractivity contribution in [1.29, 1.82) is 0 Å². The Morgan fingerprint density at radius 1 is 1.19 bits per heavy atom. The van der Waals surface area contributed by atoms with Crippen LogP contribution >= 0.6 is 0 Å². The number of halogens is 1. The fraction of sp³-hybridized carbons (Fsp3) is 0.647. The van der Waals surface area contributed by atoms with Gasteiger partial charge in [-0.25, -0.2) is 4.39 Å². The molecule has 118 valence electrons. The van der Waals surface area contributed by atoms with E-state index in [1.54, 1.807) is 6.07 Å². The number of aryl methyl sites for hydroxylation is 1. The van der Waals surface area contributed by atoms with Gasteiger partial charge in [0.1, 0.15) is 5.82 Å². The minimum Gasteiger partial charge on any atom is -0.369 e. The summed E-state index contributed by atoms with van der Waals surface area (Å²) in [6, 6.07) is 4.04. The zero-order chi connectivity index (χ0) is 15.6. The average Bonchev–Trinajstić information content (AvgIpc) is 2.48. The van der Waals surface area contributed by atoms with E-state index in [4.69, 9.17) is 5.73 Å². The summed E-state index contributed by atoms with van der Waals surface area (Å²) in [7, 11) is 0. The monoisotopic (exact) mass is 293 g/mol. The largest absolute Gasteiger partial charge is 0.369 e. The first-order valence-corrected chi connectivity index (χ1v) is 7.98. The number of hydrogen-bond donors (Lipinski definition) is 1. The van der Waals surface area contributed by atoms with Crippen LogP contribution in [-0.4, -0.2) is 37.1 Å². The number of anilines is 1. The average molecular weight is 293 g/mol. The van der Waals surface area contributed by atoms with Gasteiger partial charge in [-0.3, -0.25) is 4.90 Å². The Kier molecular flexibility index (Phi) is 5.22. The number of nitrogens with two attached hydrogens (primary N) is 1. The van der Waals surface area contributed by atoms with Gasteiger partial charge in [0.05, 0.1) is 0 Å². The van der Waals surface area contributed by atoms with Gasteiger partial charge in [-0.05, 0) is 50.5 Å². The minimum absolute atomic E-state index is 0.150. The third-order valence-electron chi connectivity index (χ3n) is 4.67. The van der Waals surface area contributed by atoms with Gasteiger partial charge in [-0.1, -0.05) is 6.92 Å². The van der Waals surface area contributed by atoms with E-state index >= 15 is 0 Å².